The average Bonchev–Trinajstić information content (AvgIpc) is 2.25. The molecule has 19 heavy (non-hydrogen) atoms. The van der Waals surface area contributed by atoms with Crippen molar-refractivity contribution in [3.8, 4) is 0 Å². The Balaban J connectivity index is 3.15. The normalized spacial score (nSPS) is 17.1. The summed E-state index contributed by atoms with van der Waals surface area (Å²) in [6.07, 6.45) is -0.684. The van der Waals surface area contributed by atoms with Crippen LogP contribution in [0.1, 0.15) is 12.5 Å². The molecule has 0 saturated carbocycles. The second-order valence-electron chi connectivity index (χ2n) is 5.55. The highest BCUT2D eigenvalue weighted by Crippen LogP contribution is 2.32. The SMILES string of the molecule is CC(O[Si](C)(C)C)C(O)(CCl)c1ccc(F)cc1F. The summed E-state index contributed by atoms with van der Waals surface area (Å²) in [6.45, 7) is 7.51. The fourth-order valence-corrected chi connectivity index (χ4v) is 3.48. The molecule has 2 atom stereocenters. The highest BCUT2D eigenvalue weighted by atomic mass is 35.5. The van der Waals surface area contributed by atoms with E-state index in [9.17, 15) is 13.9 Å². The van der Waals surface area contributed by atoms with Gasteiger partial charge in [0, 0.05) is 11.6 Å². The molecule has 2 unspecified atom stereocenters. The Morgan fingerprint density at radius 3 is 2.37 bits per heavy atom. The molecule has 2 nitrogen and oxygen atoms in total. The number of aliphatic hydroxyl groups is 1. The van der Waals surface area contributed by atoms with Gasteiger partial charge in [0.2, 0.25) is 0 Å². The lowest BCUT2D eigenvalue weighted by Gasteiger charge is -2.36. The van der Waals surface area contributed by atoms with Crippen molar-refractivity contribution in [1.29, 1.82) is 0 Å². The fraction of sp³-hybridized carbons (Fsp3) is 0.538. The third-order valence-electron chi connectivity index (χ3n) is 2.80. The Morgan fingerprint density at radius 1 is 1.37 bits per heavy atom. The van der Waals surface area contributed by atoms with Gasteiger partial charge in [-0.2, -0.15) is 0 Å². The molecule has 0 amide bonds. The van der Waals surface area contributed by atoms with Crippen LogP contribution in [0.4, 0.5) is 8.78 Å². The van der Waals surface area contributed by atoms with Gasteiger partial charge in [-0.1, -0.05) is 6.07 Å². The molecule has 0 radical (unpaired) electrons. The van der Waals surface area contributed by atoms with Crippen molar-refractivity contribution in [2.45, 2.75) is 38.3 Å². The standard InChI is InChI=1S/C13H19ClF2O2Si/c1-9(18-19(2,3)4)13(17,8-14)11-6-5-10(15)7-12(11)16/h5-7,9,17H,8H2,1-4H3. The van der Waals surface area contributed by atoms with Crippen LogP contribution in [0.15, 0.2) is 18.2 Å². The highest BCUT2D eigenvalue weighted by molar-refractivity contribution is 6.69. The van der Waals surface area contributed by atoms with Gasteiger partial charge in [0.25, 0.3) is 0 Å². The molecule has 1 aromatic carbocycles. The summed E-state index contributed by atoms with van der Waals surface area (Å²) < 4.78 is 32.5. The summed E-state index contributed by atoms with van der Waals surface area (Å²) in [4.78, 5) is 0. The Morgan fingerprint density at radius 2 is 1.95 bits per heavy atom. The van der Waals surface area contributed by atoms with E-state index in [0.29, 0.717) is 0 Å². The van der Waals surface area contributed by atoms with Crippen LogP contribution in [0, 0.1) is 11.6 Å². The zero-order valence-electron chi connectivity index (χ0n) is 11.5. The number of rotatable bonds is 5. The number of halogens is 3. The monoisotopic (exact) mass is 308 g/mol. The first-order valence-electron chi connectivity index (χ1n) is 6.02. The maximum absolute atomic E-state index is 13.8. The Hall–Kier alpha value is -0.493. The van der Waals surface area contributed by atoms with E-state index in [1.807, 2.05) is 19.6 Å². The quantitative estimate of drug-likeness (QED) is 0.665. The highest BCUT2D eigenvalue weighted by Gasteiger charge is 2.40. The van der Waals surface area contributed by atoms with Crippen LogP contribution in [-0.2, 0) is 10.0 Å². The molecule has 1 aromatic rings. The van der Waals surface area contributed by atoms with Crippen molar-refractivity contribution in [1.82, 2.24) is 0 Å². The van der Waals surface area contributed by atoms with E-state index in [0.717, 1.165) is 12.1 Å². The van der Waals surface area contributed by atoms with Crippen molar-refractivity contribution >= 4 is 19.9 Å². The van der Waals surface area contributed by atoms with Crippen molar-refractivity contribution < 1.29 is 18.3 Å². The van der Waals surface area contributed by atoms with Gasteiger partial charge >= 0.3 is 0 Å². The second kappa shape index (κ2) is 5.87. The van der Waals surface area contributed by atoms with Crippen LogP contribution in [0.5, 0.6) is 0 Å². The van der Waals surface area contributed by atoms with Crippen LogP contribution >= 0.6 is 11.6 Å². The molecule has 0 heterocycles. The lowest BCUT2D eigenvalue weighted by atomic mass is 9.90. The third-order valence-corrected chi connectivity index (χ3v) is 4.27. The molecule has 0 aliphatic carbocycles. The van der Waals surface area contributed by atoms with E-state index in [2.05, 4.69) is 0 Å². The number of hydrogen-bond acceptors (Lipinski definition) is 2. The zero-order valence-corrected chi connectivity index (χ0v) is 13.3. The Kier molecular flexibility index (Phi) is 5.12. The lowest BCUT2D eigenvalue weighted by Crippen LogP contribution is -2.46. The third kappa shape index (κ3) is 3.98. The van der Waals surface area contributed by atoms with Gasteiger partial charge in [-0.25, -0.2) is 8.78 Å². The largest absolute Gasteiger partial charge is 0.412 e. The number of hydrogen-bond donors (Lipinski definition) is 1. The van der Waals surface area contributed by atoms with E-state index in [-0.39, 0.29) is 11.4 Å². The summed E-state index contributed by atoms with van der Waals surface area (Å²) in [5, 5.41) is 10.6. The molecule has 0 bridgehead atoms. The van der Waals surface area contributed by atoms with Crippen molar-refractivity contribution in [2.75, 3.05) is 5.88 Å². The molecule has 108 valence electrons. The molecular formula is C13H19ClF2O2Si. The summed E-state index contributed by atoms with van der Waals surface area (Å²) in [5.74, 6) is -1.76. The average molecular weight is 309 g/mol. The van der Waals surface area contributed by atoms with Crippen molar-refractivity contribution in [3.63, 3.8) is 0 Å². The molecule has 1 N–H and O–H groups in total. The van der Waals surface area contributed by atoms with Gasteiger partial charge in [0.1, 0.15) is 17.2 Å². The van der Waals surface area contributed by atoms with Gasteiger partial charge in [-0.3, -0.25) is 0 Å². The molecule has 0 aliphatic heterocycles. The first kappa shape index (κ1) is 16.6. The van der Waals surface area contributed by atoms with Crippen LogP contribution in [0.3, 0.4) is 0 Å². The van der Waals surface area contributed by atoms with E-state index in [1.54, 1.807) is 6.92 Å². The van der Waals surface area contributed by atoms with Crippen molar-refractivity contribution in [3.05, 3.63) is 35.4 Å². The summed E-state index contributed by atoms with van der Waals surface area (Å²) in [7, 11) is -1.92. The molecule has 0 spiro atoms. The van der Waals surface area contributed by atoms with Crippen LogP contribution in [0.2, 0.25) is 19.6 Å². The molecule has 6 heteroatoms. The molecule has 0 saturated heterocycles. The zero-order chi connectivity index (χ0) is 14.8. The maximum Gasteiger partial charge on any atom is 0.184 e. The van der Waals surface area contributed by atoms with E-state index in [4.69, 9.17) is 16.0 Å². The van der Waals surface area contributed by atoms with Crippen LogP contribution in [-0.4, -0.2) is 25.4 Å². The van der Waals surface area contributed by atoms with Crippen molar-refractivity contribution in [2.24, 2.45) is 0 Å². The predicted octanol–water partition coefficient (Wildman–Crippen LogP) is 3.63. The molecular weight excluding hydrogens is 290 g/mol. The molecule has 0 fully saturated rings. The second-order valence-corrected chi connectivity index (χ2v) is 10.3. The minimum absolute atomic E-state index is 0.0466. The number of alkyl halides is 1. The van der Waals surface area contributed by atoms with Gasteiger partial charge in [0.15, 0.2) is 8.32 Å². The minimum Gasteiger partial charge on any atom is -0.412 e. The molecule has 0 aromatic heterocycles. The first-order valence-corrected chi connectivity index (χ1v) is 9.96. The fourth-order valence-electron chi connectivity index (χ4n) is 1.87. The van der Waals surface area contributed by atoms with Gasteiger partial charge in [-0.15, -0.1) is 11.6 Å². The van der Waals surface area contributed by atoms with Gasteiger partial charge in [-0.05, 0) is 32.6 Å². The maximum atomic E-state index is 13.8. The molecule has 1 rings (SSSR count). The van der Waals surface area contributed by atoms with Crippen LogP contribution in [0.25, 0.3) is 0 Å². The van der Waals surface area contributed by atoms with Gasteiger partial charge < -0.3 is 9.53 Å². The minimum atomic E-state index is -1.92. The molecule has 0 aliphatic rings. The smallest absolute Gasteiger partial charge is 0.184 e. The van der Waals surface area contributed by atoms with Gasteiger partial charge in [0.05, 0.1) is 12.0 Å². The Bertz CT molecular complexity index is 451. The summed E-state index contributed by atoms with van der Waals surface area (Å²) in [5.41, 5.74) is -1.73. The first-order chi connectivity index (χ1) is 8.60. The van der Waals surface area contributed by atoms with E-state index in [1.165, 1.54) is 6.07 Å². The van der Waals surface area contributed by atoms with E-state index >= 15 is 0 Å². The van der Waals surface area contributed by atoms with E-state index < -0.39 is 31.7 Å². The predicted molar refractivity (Wildman–Crippen MR) is 74.9 cm³/mol. The summed E-state index contributed by atoms with van der Waals surface area (Å²) in [6, 6.07) is 3.03. The van der Waals surface area contributed by atoms with Crippen LogP contribution < -0.4 is 0 Å². The topological polar surface area (TPSA) is 29.5 Å². The Labute approximate surface area is 118 Å². The summed E-state index contributed by atoms with van der Waals surface area (Å²) >= 11 is 5.80. The lowest BCUT2D eigenvalue weighted by molar-refractivity contribution is -0.0472. The number of benzene rings is 1.